The normalized spacial score (nSPS) is 12.2. The molecule has 0 bridgehead atoms. The van der Waals surface area contributed by atoms with Crippen molar-refractivity contribution >= 4 is 16.9 Å². The summed E-state index contributed by atoms with van der Waals surface area (Å²) in [6, 6.07) is 5.02. The van der Waals surface area contributed by atoms with E-state index < -0.39 is 17.7 Å². The van der Waals surface area contributed by atoms with Gasteiger partial charge in [0.25, 0.3) is 0 Å². The van der Waals surface area contributed by atoms with Gasteiger partial charge in [0.2, 0.25) is 0 Å². The molecule has 6 nitrogen and oxygen atoms in total. The molecule has 0 saturated heterocycles. The Labute approximate surface area is 133 Å². The molecule has 2 rings (SSSR count). The highest BCUT2D eigenvalue weighted by molar-refractivity contribution is 5.82. The summed E-state index contributed by atoms with van der Waals surface area (Å²) < 4.78 is 15.4. The number of carbonyl (C=O) groups is 1. The van der Waals surface area contributed by atoms with Crippen molar-refractivity contribution in [3.63, 3.8) is 0 Å². The molecule has 23 heavy (non-hydrogen) atoms. The van der Waals surface area contributed by atoms with E-state index in [9.17, 15) is 14.7 Å². The van der Waals surface area contributed by atoms with E-state index in [1.807, 2.05) is 6.92 Å². The van der Waals surface area contributed by atoms with E-state index in [0.29, 0.717) is 23.5 Å². The minimum atomic E-state index is -0.624. The van der Waals surface area contributed by atoms with E-state index in [1.165, 1.54) is 0 Å². The molecule has 2 aromatic rings. The maximum absolute atomic E-state index is 12.1. The van der Waals surface area contributed by atoms with Gasteiger partial charge >= 0.3 is 11.6 Å². The molecule has 1 aromatic carbocycles. The van der Waals surface area contributed by atoms with Crippen LogP contribution in [-0.2, 0) is 16.0 Å². The van der Waals surface area contributed by atoms with Crippen LogP contribution >= 0.6 is 0 Å². The minimum Gasteiger partial charge on any atom is -0.482 e. The maximum Gasteiger partial charge on any atom is 0.344 e. The third kappa shape index (κ3) is 4.10. The van der Waals surface area contributed by atoms with E-state index >= 15 is 0 Å². The lowest BCUT2D eigenvalue weighted by atomic mass is 10.0. The van der Waals surface area contributed by atoms with Gasteiger partial charge in [-0.15, -0.1) is 0 Å². The summed E-state index contributed by atoms with van der Waals surface area (Å²) in [7, 11) is 0. The van der Waals surface area contributed by atoms with Crippen LogP contribution in [-0.4, -0.2) is 30.4 Å². The molecule has 0 amide bonds. The number of aryl methyl sites for hydroxylation is 1. The van der Waals surface area contributed by atoms with Gasteiger partial charge in [0.1, 0.15) is 11.3 Å². The molecule has 0 aliphatic rings. The van der Waals surface area contributed by atoms with E-state index in [0.717, 1.165) is 10.9 Å². The molecule has 1 N–H and O–H groups in total. The zero-order chi connectivity index (χ0) is 17.0. The quantitative estimate of drug-likeness (QED) is 0.647. The topological polar surface area (TPSA) is 86.0 Å². The van der Waals surface area contributed by atoms with E-state index in [2.05, 4.69) is 0 Å². The molecule has 1 atom stereocenters. The second kappa shape index (κ2) is 7.28. The molecule has 1 unspecified atom stereocenters. The Balaban J connectivity index is 2.30. The van der Waals surface area contributed by atoms with Crippen LogP contribution in [0.25, 0.3) is 11.0 Å². The standard InChI is InChI=1S/C17H20O6/c1-4-21-16(19)9-22-12-5-6-13-11(3)14(7-10(2)18)17(20)23-15(13)8-12/h5-6,8,10,18H,4,7,9H2,1-3H3. The molecule has 0 radical (unpaired) electrons. The van der Waals surface area contributed by atoms with Crippen molar-refractivity contribution in [2.24, 2.45) is 0 Å². The average molecular weight is 320 g/mol. The smallest absolute Gasteiger partial charge is 0.344 e. The number of hydrogen-bond acceptors (Lipinski definition) is 6. The molecule has 1 heterocycles. The van der Waals surface area contributed by atoms with Gasteiger partial charge < -0.3 is 19.0 Å². The largest absolute Gasteiger partial charge is 0.482 e. The first-order valence-corrected chi connectivity index (χ1v) is 7.45. The Morgan fingerprint density at radius 3 is 2.78 bits per heavy atom. The van der Waals surface area contributed by atoms with Gasteiger partial charge in [-0.05, 0) is 38.5 Å². The van der Waals surface area contributed by atoms with Gasteiger partial charge in [-0.2, -0.15) is 0 Å². The SMILES string of the molecule is CCOC(=O)COc1ccc2c(C)c(CC(C)O)c(=O)oc2c1. The van der Waals surface area contributed by atoms with Crippen molar-refractivity contribution in [3.8, 4) is 5.75 Å². The first-order chi connectivity index (χ1) is 10.9. The fraction of sp³-hybridized carbons (Fsp3) is 0.412. The van der Waals surface area contributed by atoms with Crippen molar-refractivity contribution in [2.45, 2.75) is 33.3 Å². The van der Waals surface area contributed by atoms with Crippen molar-refractivity contribution in [1.82, 2.24) is 0 Å². The summed E-state index contributed by atoms with van der Waals surface area (Å²) in [6.07, 6.45) is -0.383. The molecular weight excluding hydrogens is 300 g/mol. The number of rotatable bonds is 6. The van der Waals surface area contributed by atoms with Crippen LogP contribution in [0.15, 0.2) is 27.4 Å². The van der Waals surface area contributed by atoms with Crippen LogP contribution < -0.4 is 10.4 Å². The third-order valence-corrected chi connectivity index (χ3v) is 3.42. The summed E-state index contributed by atoms with van der Waals surface area (Å²) in [5.74, 6) is -0.0473. The molecule has 0 saturated carbocycles. The van der Waals surface area contributed by atoms with Crippen LogP contribution in [0.5, 0.6) is 5.75 Å². The van der Waals surface area contributed by atoms with E-state index in [-0.39, 0.29) is 13.0 Å². The first kappa shape index (κ1) is 17.0. The number of hydrogen-bond donors (Lipinski definition) is 1. The molecule has 6 heteroatoms. The number of aliphatic hydroxyl groups is 1. The molecule has 0 aliphatic carbocycles. The van der Waals surface area contributed by atoms with Crippen molar-refractivity contribution in [2.75, 3.05) is 13.2 Å². The lowest BCUT2D eigenvalue weighted by molar-refractivity contribution is -0.145. The van der Waals surface area contributed by atoms with Gasteiger partial charge in [0.05, 0.1) is 12.7 Å². The monoisotopic (exact) mass is 320 g/mol. The highest BCUT2D eigenvalue weighted by Crippen LogP contribution is 2.24. The highest BCUT2D eigenvalue weighted by atomic mass is 16.6. The van der Waals surface area contributed by atoms with Gasteiger partial charge in [-0.1, -0.05) is 0 Å². The Kier molecular flexibility index (Phi) is 5.39. The van der Waals surface area contributed by atoms with Gasteiger partial charge in [-0.25, -0.2) is 9.59 Å². The van der Waals surface area contributed by atoms with Crippen LogP contribution in [0.2, 0.25) is 0 Å². The van der Waals surface area contributed by atoms with Crippen LogP contribution in [0.1, 0.15) is 25.0 Å². The first-order valence-electron chi connectivity index (χ1n) is 7.45. The van der Waals surface area contributed by atoms with E-state index in [4.69, 9.17) is 13.9 Å². The van der Waals surface area contributed by atoms with Gasteiger partial charge in [0.15, 0.2) is 6.61 Å². The Hall–Kier alpha value is -2.34. The second-order valence-electron chi connectivity index (χ2n) is 5.30. The van der Waals surface area contributed by atoms with E-state index in [1.54, 1.807) is 32.0 Å². The van der Waals surface area contributed by atoms with Crippen molar-refractivity contribution in [1.29, 1.82) is 0 Å². The number of benzene rings is 1. The average Bonchev–Trinajstić information content (AvgIpc) is 2.49. The second-order valence-corrected chi connectivity index (χ2v) is 5.30. The lowest BCUT2D eigenvalue weighted by Crippen LogP contribution is -2.16. The molecule has 0 aliphatic heterocycles. The number of aliphatic hydroxyl groups excluding tert-OH is 1. The number of esters is 1. The summed E-state index contributed by atoms with van der Waals surface area (Å²) in [5.41, 5.74) is 1.14. The van der Waals surface area contributed by atoms with Crippen molar-refractivity contribution in [3.05, 3.63) is 39.7 Å². The zero-order valence-corrected chi connectivity index (χ0v) is 13.4. The van der Waals surface area contributed by atoms with Gasteiger partial charge in [0, 0.05) is 23.4 Å². The predicted molar refractivity (Wildman–Crippen MR) is 84.7 cm³/mol. The lowest BCUT2D eigenvalue weighted by Gasteiger charge is -2.10. The maximum atomic E-state index is 12.1. The van der Waals surface area contributed by atoms with Crippen LogP contribution in [0, 0.1) is 6.92 Å². The highest BCUT2D eigenvalue weighted by Gasteiger charge is 2.14. The predicted octanol–water partition coefficient (Wildman–Crippen LogP) is 1.97. The number of fused-ring (bicyclic) bond motifs is 1. The summed E-state index contributed by atoms with van der Waals surface area (Å²) >= 11 is 0. The summed E-state index contributed by atoms with van der Waals surface area (Å²) in [4.78, 5) is 23.4. The van der Waals surface area contributed by atoms with Crippen LogP contribution in [0.4, 0.5) is 0 Å². The minimum absolute atomic E-state index is 0.206. The number of carbonyl (C=O) groups excluding carboxylic acids is 1. The fourth-order valence-corrected chi connectivity index (χ4v) is 2.34. The Morgan fingerprint density at radius 1 is 1.39 bits per heavy atom. The molecule has 0 spiro atoms. The summed E-state index contributed by atoms with van der Waals surface area (Å²) in [5, 5.41) is 10.3. The Bertz CT molecular complexity index is 760. The molecular formula is C17H20O6. The molecule has 124 valence electrons. The third-order valence-electron chi connectivity index (χ3n) is 3.42. The summed E-state index contributed by atoms with van der Waals surface area (Å²) in [6.45, 7) is 5.24. The Morgan fingerprint density at radius 2 is 2.13 bits per heavy atom. The van der Waals surface area contributed by atoms with Gasteiger partial charge in [-0.3, -0.25) is 0 Å². The molecule has 1 aromatic heterocycles. The van der Waals surface area contributed by atoms with Crippen LogP contribution in [0.3, 0.4) is 0 Å². The molecule has 0 fully saturated rings. The van der Waals surface area contributed by atoms with Crippen molar-refractivity contribution < 1.29 is 23.8 Å². The zero-order valence-electron chi connectivity index (χ0n) is 13.4. The fourth-order valence-electron chi connectivity index (χ4n) is 2.34. The number of ether oxygens (including phenoxy) is 2.